The quantitative estimate of drug-likeness (QED) is 0.904. The van der Waals surface area contributed by atoms with Crippen molar-refractivity contribution in [3.05, 3.63) is 51.5 Å². The van der Waals surface area contributed by atoms with Crippen LogP contribution >= 0.6 is 11.3 Å². The predicted octanol–water partition coefficient (Wildman–Crippen LogP) is 2.69. The molecule has 1 aromatic heterocycles. The van der Waals surface area contributed by atoms with Gasteiger partial charge in [0, 0.05) is 16.6 Å². The van der Waals surface area contributed by atoms with E-state index >= 15 is 0 Å². The van der Waals surface area contributed by atoms with E-state index in [-0.39, 0.29) is 5.91 Å². The third kappa shape index (κ3) is 3.14. The first-order valence-electron chi connectivity index (χ1n) is 5.41. The number of carbonyl (C=O) groups is 1. The molecule has 0 unspecified atom stereocenters. The van der Waals surface area contributed by atoms with E-state index in [1.54, 1.807) is 11.3 Å². The van der Waals surface area contributed by atoms with Crippen LogP contribution in [0, 0.1) is 13.8 Å². The van der Waals surface area contributed by atoms with Crippen LogP contribution in [0.5, 0.6) is 0 Å². The molecular formula is C13H14N2OS. The molecule has 0 saturated heterocycles. The third-order valence-corrected chi connectivity index (χ3v) is 3.35. The van der Waals surface area contributed by atoms with Gasteiger partial charge in [0.05, 0.1) is 6.54 Å². The maximum Gasteiger partial charge on any atom is 0.251 e. The molecule has 0 fully saturated rings. The summed E-state index contributed by atoms with van der Waals surface area (Å²) in [5.74, 6) is -0.0575. The van der Waals surface area contributed by atoms with E-state index in [1.165, 1.54) is 0 Å². The number of nitrogens with zero attached hydrogens (tertiary/aromatic N) is 1. The third-order valence-electron chi connectivity index (χ3n) is 2.38. The molecule has 0 aliphatic heterocycles. The summed E-state index contributed by atoms with van der Waals surface area (Å²) in [6.07, 6.45) is 0. The van der Waals surface area contributed by atoms with Crippen molar-refractivity contribution in [3.8, 4) is 0 Å². The molecule has 1 amide bonds. The van der Waals surface area contributed by atoms with Gasteiger partial charge in [0.25, 0.3) is 5.91 Å². The maximum atomic E-state index is 11.8. The molecule has 0 radical (unpaired) electrons. The lowest BCUT2D eigenvalue weighted by atomic mass is 10.1. The molecule has 3 nitrogen and oxygen atoms in total. The Bertz CT molecular complexity index is 516. The highest BCUT2D eigenvalue weighted by Gasteiger charge is 2.05. The lowest BCUT2D eigenvalue weighted by Gasteiger charge is -2.03. The van der Waals surface area contributed by atoms with Gasteiger partial charge < -0.3 is 5.32 Å². The van der Waals surface area contributed by atoms with Crippen LogP contribution in [0.2, 0.25) is 0 Å². The van der Waals surface area contributed by atoms with Crippen molar-refractivity contribution in [2.24, 2.45) is 0 Å². The zero-order valence-electron chi connectivity index (χ0n) is 9.86. The van der Waals surface area contributed by atoms with Gasteiger partial charge in [-0.25, -0.2) is 4.98 Å². The standard InChI is InChI=1S/C13H14N2OS/c1-9-3-5-11(6-4-9)13(16)14-7-12-15-10(2)8-17-12/h3-6,8H,7H2,1-2H3,(H,14,16). The molecule has 17 heavy (non-hydrogen) atoms. The highest BCUT2D eigenvalue weighted by molar-refractivity contribution is 7.09. The van der Waals surface area contributed by atoms with E-state index in [0.29, 0.717) is 12.1 Å². The first-order chi connectivity index (χ1) is 8.15. The molecule has 2 rings (SSSR count). The van der Waals surface area contributed by atoms with Crippen LogP contribution in [0.4, 0.5) is 0 Å². The summed E-state index contributed by atoms with van der Waals surface area (Å²) in [6.45, 7) is 4.44. The number of hydrogen-bond acceptors (Lipinski definition) is 3. The molecule has 0 spiro atoms. The minimum atomic E-state index is -0.0575. The van der Waals surface area contributed by atoms with Crippen LogP contribution in [0.3, 0.4) is 0 Å². The molecule has 0 atom stereocenters. The summed E-state index contributed by atoms with van der Waals surface area (Å²) in [5, 5.41) is 5.77. The molecule has 0 bridgehead atoms. The molecule has 0 aliphatic carbocycles. The fourth-order valence-corrected chi connectivity index (χ4v) is 2.16. The molecule has 0 aliphatic rings. The van der Waals surface area contributed by atoms with Crippen molar-refractivity contribution < 1.29 is 4.79 Å². The molecule has 1 aromatic carbocycles. The van der Waals surface area contributed by atoms with Gasteiger partial charge in [-0.05, 0) is 26.0 Å². The zero-order chi connectivity index (χ0) is 12.3. The number of benzene rings is 1. The fraction of sp³-hybridized carbons (Fsp3) is 0.231. The highest BCUT2D eigenvalue weighted by atomic mass is 32.1. The van der Waals surface area contributed by atoms with Gasteiger partial charge in [0.2, 0.25) is 0 Å². The van der Waals surface area contributed by atoms with Crippen LogP contribution in [0.1, 0.15) is 26.6 Å². The summed E-state index contributed by atoms with van der Waals surface area (Å²) < 4.78 is 0. The SMILES string of the molecule is Cc1ccc(C(=O)NCc2nc(C)cs2)cc1. The normalized spacial score (nSPS) is 10.2. The van der Waals surface area contributed by atoms with E-state index in [9.17, 15) is 4.79 Å². The van der Waals surface area contributed by atoms with Gasteiger partial charge in [0.15, 0.2) is 0 Å². The molecule has 2 aromatic rings. The summed E-state index contributed by atoms with van der Waals surface area (Å²) in [4.78, 5) is 16.1. The summed E-state index contributed by atoms with van der Waals surface area (Å²) in [6, 6.07) is 7.53. The lowest BCUT2D eigenvalue weighted by Crippen LogP contribution is -2.22. The number of aryl methyl sites for hydroxylation is 2. The Morgan fingerprint density at radius 2 is 2.00 bits per heavy atom. The maximum absolute atomic E-state index is 11.8. The van der Waals surface area contributed by atoms with Crippen molar-refractivity contribution in [1.29, 1.82) is 0 Å². The summed E-state index contributed by atoms with van der Waals surface area (Å²) in [5.41, 5.74) is 2.83. The Kier molecular flexibility index (Phi) is 3.54. The van der Waals surface area contributed by atoms with Crippen LogP contribution in [0.15, 0.2) is 29.6 Å². The Morgan fingerprint density at radius 3 is 2.59 bits per heavy atom. The largest absolute Gasteiger partial charge is 0.346 e. The van der Waals surface area contributed by atoms with Crippen molar-refractivity contribution in [2.45, 2.75) is 20.4 Å². The zero-order valence-corrected chi connectivity index (χ0v) is 10.7. The van der Waals surface area contributed by atoms with Crippen molar-refractivity contribution in [1.82, 2.24) is 10.3 Å². The number of carbonyl (C=O) groups excluding carboxylic acids is 1. The van der Waals surface area contributed by atoms with Gasteiger partial charge in [-0.15, -0.1) is 11.3 Å². The minimum absolute atomic E-state index is 0.0575. The predicted molar refractivity (Wildman–Crippen MR) is 69.2 cm³/mol. The van der Waals surface area contributed by atoms with E-state index < -0.39 is 0 Å². The second kappa shape index (κ2) is 5.10. The van der Waals surface area contributed by atoms with Gasteiger partial charge in [-0.2, -0.15) is 0 Å². The van der Waals surface area contributed by atoms with Crippen molar-refractivity contribution in [3.63, 3.8) is 0 Å². The topological polar surface area (TPSA) is 42.0 Å². The number of amides is 1. The Morgan fingerprint density at radius 1 is 1.29 bits per heavy atom. The summed E-state index contributed by atoms with van der Waals surface area (Å²) in [7, 11) is 0. The molecule has 1 heterocycles. The fourth-order valence-electron chi connectivity index (χ4n) is 1.45. The second-order valence-corrected chi connectivity index (χ2v) is 4.87. The van der Waals surface area contributed by atoms with E-state index in [0.717, 1.165) is 16.3 Å². The number of rotatable bonds is 3. The van der Waals surface area contributed by atoms with Crippen LogP contribution in [-0.4, -0.2) is 10.9 Å². The van der Waals surface area contributed by atoms with Gasteiger partial charge >= 0.3 is 0 Å². The van der Waals surface area contributed by atoms with Gasteiger partial charge in [-0.1, -0.05) is 17.7 Å². The monoisotopic (exact) mass is 246 g/mol. The number of aromatic nitrogens is 1. The Labute approximate surface area is 105 Å². The molecule has 1 N–H and O–H groups in total. The van der Waals surface area contributed by atoms with Crippen LogP contribution < -0.4 is 5.32 Å². The average Bonchev–Trinajstić information content (AvgIpc) is 2.73. The smallest absolute Gasteiger partial charge is 0.251 e. The molecule has 0 saturated carbocycles. The van der Waals surface area contributed by atoms with E-state index in [2.05, 4.69) is 10.3 Å². The number of thiazole rings is 1. The number of nitrogens with one attached hydrogen (secondary N) is 1. The molecule has 88 valence electrons. The van der Waals surface area contributed by atoms with Gasteiger partial charge in [0.1, 0.15) is 5.01 Å². The highest BCUT2D eigenvalue weighted by Crippen LogP contribution is 2.08. The first kappa shape index (κ1) is 11.8. The van der Waals surface area contributed by atoms with E-state index in [4.69, 9.17) is 0 Å². The average molecular weight is 246 g/mol. The number of hydrogen-bond donors (Lipinski definition) is 1. The Balaban J connectivity index is 1.95. The van der Waals surface area contributed by atoms with Crippen molar-refractivity contribution >= 4 is 17.2 Å². The minimum Gasteiger partial charge on any atom is -0.346 e. The lowest BCUT2D eigenvalue weighted by molar-refractivity contribution is 0.0951. The van der Waals surface area contributed by atoms with E-state index in [1.807, 2.05) is 43.5 Å². The van der Waals surface area contributed by atoms with Crippen LogP contribution in [0.25, 0.3) is 0 Å². The Hall–Kier alpha value is -1.68. The first-order valence-corrected chi connectivity index (χ1v) is 6.29. The molecular weight excluding hydrogens is 232 g/mol. The molecule has 4 heteroatoms. The summed E-state index contributed by atoms with van der Waals surface area (Å²) >= 11 is 1.56. The van der Waals surface area contributed by atoms with Crippen LogP contribution in [-0.2, 0) is 6.54 Å². The van der Waals surface area contributed by atoms with Gasteiger partial charge in [-0.3, -0.25) is 4.79 Å². The second-order valence-electron chi connectivity index (χ2n) is 3.93. The van der Waals surface area contributed by atoms with Crippen molar-refractivity contribution in [2.75, 3.05) is 0 Å².